The molecule has 8 heteroatoms. The van der Waals surface area contributed by atoms with Gasteiger partial charge >= 0.3 is 0 Å². The van der Waals surface area contributed by atoms with E-state index in [4.69, 9.17) is 9.47 Å². The predicted octanol–water partition coefficient (Wildman–Crippen LogP) is 3.15. The predicted molar refractivity (Wildman–Crippen MR) is 107 cm³/mol. The van der Waals surface area contributed by atoms with Crippen molar-refractivity contribution in [3.8, 4) is 11.5 Å². The second kappa shape index (κ2) is 8.96. The van der Waals surface area contributed by atoms with E-state index in [1.165, 1.54) is 0 Å². The average Bonchev–Trinajstić information content (AvgIpc) is 2.98. The van der Waals surface area contributed by atoms with Gasteiger partial charge < -0.3 is 9.47 Å². The van der Waals surface area contributed by atoms with E-state index in [9.17, 15) is 8.42 Å². The lowest BCUT2D eigenvalue weighted by Crippen LogP contribution is -2.36. The second-order valence-electron chi connectivity index (χ2n) is 6.94. The summed E-state index contributed by atoms with van der Waals surface area (Å²) in [6.07, 6.45) is 2.93. The molecule has 0 radical (unpaired) electrons. The summed E-state index contributed by atoms with van der Waals surface area (Å²) in [7, 11) is -3.49. The van der Waals surface area contributed by atoms with Crippen LogP contribution in [0.3, 0.4) is 0 Å². The third kappa shape index (κ3) is 4.50. The molecule has 0 aliphatic carbocycles. The minimum atomic E-state index is -3.49. The maximum absolute atomic E-state index is 13.1. The molecular weight excluding hydrogens is 378 g/mol. The molecule has 3 rings (SSSR count). The third-order valence-electron chi connectivity index (χ3n) is 4.93. The molecule has 28 heavy (non-hydrogen) atoms. The highest BCUT2D eigenvalue weighted by Crippen LogP contribution is 2.26. The van der Waals surface area contributed by atoms with Crippen molar-refractivity contribution in [3.63, 3.8) is 0 Å². The Kier molecular flexibility index (Phi) is 6.61. The summed E-state index contributed by atoms with van der Waals surface area (Å²) in [4.78, 5) is 0.343. The van der Waals surface area contributed by atoms with E-state index in [1.54, 1.807) is 15.9 Å². The molecule has 1 fully saturated rings. The number of hydrogen-bond acceptors (Lipinski definition) is 5. The number of aryl methyl sites for hydroxylation is 1. The van der Waals surface area contributed by atoms with Gasteiger partial charge in [0.1, 0.15) is 23.0 Å². The number of ether oxygens (including phenoxy) is 2. The molecule has 0 saturated carbocycles. The van der Waals surface area contributed by atoms with Crippen molar-refractivity contribution < 1.29 is 17.9 Å². The van der Waals surface area contributed by atoms with Gasteiger partial charge in [-0.3, -0.25) is 4.68 Å². The third-order valence-corrected chi connectivity index (χ3v) is 7.09. The number of benzene rings is 1. The van der Waals surface area contributed by atoms with Crippen LogP contribution in [0, 0.1) is 13.8 Å². The lowest BCUT2D eigenvalue weighted by Gasteiger charge is -2.26. The van der Waals surface area contributed by atoms with Gasteiger partial charge in [-0.2, -0.15) is 9.40 Å². The van der Waals surface area contributed by atoms with E-state index < -0.39 is 10.0 Å². The van der Waals surface area contributed by atoms with E-state index in [1.807, 2.05) is 38.1 Å². The van der Waals surface area contributed by atoms with Crippen molar-refractivity contribution in [1.29, 1.82) is 0 Å². The van der Waals surface area contributed by atoms with Crippen LogP contribution in [0.25, 0.3) is 0 Å². The maximum Gasteiger partial charge on any atom is 0.246 e. The van der Waals surface area contributed by atoms with E-state index >= 15 is 0 Å². The van der Waals surface area contributed by atoms with Crippen molar-refractivity contribution in [2.75, 3.05) is 26.3 Å². The summed E-state index contributed by atoms with van der Waals surface area (Å²) in [6.45, 7) is 8.20. The van der Waals surface area contributed by atoms with E-state index in [0.717, 1.165) is 30.8 Å². The van der Waals surface area contributed by atoms with Crippen molar-refractivity contribution in [2.45, 2.75) is 51.5 Å². The van der Waals surface area contributed by atoms with Crippen LogP contribution in [0.2, 0.25) is 0 Å². The van der Waals surface area contributed by atoms with Crippen molar-refractivity contribution >= 4 is 10.0 Å². The Balaban J connectivity index is 1.66. The van der Waals surface area contributed by atoms with Crippen LogP contribution in [-0.2, 0) is 16.6 Å². The highest BCUT2D eigenvalue weighted by molar-refractivity contribution is 7.89. The van der Waals surface area contributed by atoms with Gasteiger partial charge in [0.2, 0.25) is 10.0 Å². The number of rotatable bonds is 8. The molecule has 7 nitrogen and oxygen atoms in total. The minimum Gasteiger partial charge on any atom is -0.494 e. The molecule has 1 aromatic heterocycles. The standard InChI is InChI=1S/C20H29N3O4S/c1-4-26-18-8-10-19(11-9-18)27-15-14-23-17(3)20(16(2)21-23)28(24,25)22-12-6-5-7-13-22/h8-11H,4-7,12-15H2,1-3H3. The molecule has 0 spiro atoms. The van der Waals surface area contributed by atoms with Crippen LogP contribution >= 0.6 is 0 Å². The molecule has 0 atom stereocenters. The summed E-state index contributed by atoms with van der Waals surface area (Å²) in [6, 6.07) is 7.45. The Morgan fingerprint density at radius 3 is 2.21 bits per heavy atom. The second-order valence-corrected chi connectivity index (χ2v) is 8.82. The molecule has 0 bridgehead atoms. The van der Waals surface area contributed by atoms with Gasteiger partial charge in [-0.15, -0.1) is 0 Å². The van der Waals surface area contributed by atoms with Crippen molar-refractivity contribution in [2.24, 2.45) is 0 Å². The Labute approximate surface area is 167 Å². The van der Waals surface area contributed by atoms with Gasteiger partial charge in [0.25, 0.3) is 0 Å². The quantitative estimate of drug-likeness (QED) is 0.672. The molecule has 2 aromatic rings. The lowest BCUT2D eigenvalue weighted by molar-refractivity contribution is 0.288. The Hall–Kier alpha value is -2.06. The normalized spacial score (nSPS) is 15.5. The number of piperidine rings is 1. The Bertz CT molecular complexity index is 885. The van der Waals surface area contributed by atoms with Crippen molar-refractivity contribution in [3.05, 3.63) is 35.7 Å². The van der Waals surface area contributed by atoms with E-state index in [2.05, 4.69) is 5.10 Å². The average molecular weight is 408 g/mol. The zero-order chi connectivity index (χ0) is 20.1. The lowest BCUT2D eigenvalue weighted by atomic mass is 10.2. The number of aromatic nitrogens is 2. The summed E-state index contributed by atoms with van der Waals surface area (Å²) < 4.78 is 40.6. The van der Waals surface area contributed by atoms with Crippen LogP contribution in [0.15, 0.2) is 29.2 Å². The first-order valence-corrected chi connectivity index (χ1v) is 11.3. The highest BCUT2D eigenvalue weighted by Gasteiger charge is 2.31. The Morgan fingerprint density at radius 2 is 1.61 bits per heavy atom. The number of hydrogen-bond donors (Lipinski definition) is 0. The van der Waals surface area contributed by atoms with Crippen LogP contribution in [-0.4, -0.2) is 48.8 Å². The van der Waals surface area contributed by atoms with E-state index in [-0.39, 0.29) is 0 Å². The smallest absolute Gasteiger partial charge is 0.246 e. The van der Waals surface area contributed by atoms with Gasteiger partial charge in [-0.1, -0.05) is 6.42 Å². The first-order valence-electron chi connectivity index (χ1n) is 9.83. The highest BCUT2D eigenvalue weighted by atomic mass is 32.2. The summed E-state index contributed by atoms with van der Waals surface area (Å²) >= 11 is 0. The fourth-order valence-electron chi connectivity index (χ4n) is 3.55. The summed E-state index contributed by atoms with van der Waals surface area (Å²) in [5.41, 5.74) is 1.21. The van der Waals surface area contributed by atoms with Gasteiger partial charge in [-0.05, 0) is 57.9 Å². The first-order chi connectivity index (χ1) is 13.4. The summed E-state index contributed by atoms with van der Waals surface area (Å²) in [5.74, 6) is 1.55. The molecular formula is C20H29N3O4S. The molecule has 1 aliphatic heterocycles. The van der Waals surface area contributed by atoms with Crippen molar-refractivity contribution in [1.82, 2.24) is 14.1 Å². The molecule has 1 aliphatic rings. The molecule has 2 heterocycles. The minimum absolute atomic E-state index is 0.343. The maximum atomic E-state index is 13.1. The van der Waals surface area contributed by atoms with Crippen LogP contribution < -0.4 is 9.47 Å². The first kappa shape index (κ1) is 20.7. The molecule has 0 N–H and O–H groups in total. The molecule has 1 saturated heterocycles. The number of nitrogens with zero attached hydrogens (tertiary/aromatic N) is 3. The van der Waals surface area contributed by atoms with Crippen LogP contribution in [0.4, 0.5) is 0 Å². The topological polar surface area (TPSA) is 73.7 Å². The number of sulfonamides is 1. The Morgan fingerprint density at radius 1 is 1.00 bits per heavy atom. The molecule has 154 valence electrons. The SMILES string of the molecule is CCOc1ccc(OCCn2nc(C)c(S(=O)(=O)N3CCCCC3)c2C)cc1. The monoisotopic (exact) mass is 407 g/mol. The molecule has 0 unspecified atom stereocenters. The van der Waals surface area contributed by atoms with E-state index in [0.29, 0.717) is 49.1 Å². The fourth-order valence-corrected chi connectivity index (χ4v) is 5.44. The molecule has 0 amide bonds. The largest absolute Gasteiger partial charge is 0.494 e. The zero-order valence-corrected chi connectivity index (χ0v) is 17.7. The van der Waals surface area contributed by atoms with Crippen LogP contribution in [0.5, 0.6) is 11.5 Å². The van der Waals surface area contributed by atoms with Gasteiger partial charge in [0.15, 0.2) is 0 Å². The van der Waals surface area contributed by atoms with Gasteiger partial charge in [0.05, 0.1) is 24.5 Å². The zero-order valence-electron chi connectivity index (χ0n) is 16.8. The van der Waals surface area contributed by atoms with Crippen LogP contribution in [0.1, 0.15) is 37.6 Å². The van der Waals surface area contributed by atoms with Gasteiger partial charge in [0, 0.05) is 13.1 Å². The molecule has 1 aromatic carbocycles. The summed E-state index contributed by atoms with van der Waals surface area (Å²) in [5, 5.41) is 4.45. The van der Waals surface area contributed by atoms with Gasteiger partial charge in [-0.25, -0.2) is 8.42 Å². The fraction of sp³-hybridized carbons (Fsp3) is 0.550.